The van der Waals surface area contributed by atoms with Gasteiger partial charge in [-0.25, -0.2) is 0 Å². The molecule has 0 aromatic heterocycles. The van der Waals surface area contributed by atoms with Gasteiger partial charge in [0.05, 0.1) is 6.10 Å². The second-order valence-corrected chi connectivity index (χ2v) is 4.02. The number of benzene rings is 1. The standard InChI is InChI=1S/C13H21NO2/c1-3-11(15)9-14-13(4-2)10-5-7-12(16)8-6-10/h5-8,11,13-16H,3-4,9H2,1-2H3. The van der Waals surface area contributed by atoms with Crippen LogP contribution in [0.5, 0.6) is 5.75 Å². The molecule has 3 nitrogen and oxygen atoms in total. The van der Waals surface area contributed by atoms with E-state index in [-0.39, 0.29) is 17.9 Å². The molecule has 0 amide bonds. The van der Waals surface area contributed by atoms with Gasteiger partial charge in [-0.3, -0.25) is 0 Å². The summed E-state index contributed by atoms with van der Waals surface area (Å²) in [5.41, 5.74) is 1.14. The van der Waals surface area contributed by atoms with Gasteiger partial charge in [-0.15, -0.1) is 0 Å². The van der Waals surface area contributed by atoms with Gasteiger partial charge >= 0.3 is 0 Å². The minimum atomic E-state index is -0.286. The van der Waals surface area contributed by atoms with Crippen LogP contribution in [0, 0.1) is 0 Å². The molecular weight excluding hydrogens is 202 g/mol. The second kappa shape index (κ2) is 6.51. The van der Waals surface area contributed by atoms with Crippen molar-refractivity contribution in [2.75, 3.05) is 6.54 Å². The molecule has 90 valence electrons. The van der Waals surface area contributed by atoms with Crippen LogP contribution in [-0.2, 0) is 0 Å². The summed E-state index contributed by atoms with van der Waals surface area (Å²) < 4.78 is 0. The molecule has 2 unspecified atom stereocenters. The number of aliphatic hydroxyl groups is 1. The summed E-state index contributed by atoms with van der Waals surface area (Å²) >= 11 is 0. The number of aliphatic hydroxyl groups excluding tert-OH is 1. The summed E-state index contributed by atoms with van der Waals surface area (Å²) in [6.45, 7) is 4.67. The Morgan fingerprint density at radius 1 is 1.12 bits per heavy atom. The smallest absolute Gasteiger partial charge is 0.115 e. The predicted molar refractivity (Wildman–Crippen MR) is 65.4 cm³/mol. The summed E-state index contributed by atoms with van der Waals surface area (Å²) in [4.78, 5) is 0. The third-order valence-corrected chi connectivity index (χ3v) is 2.77. The van der Waals surface area contributed by atoms with E-state index in [1.54, 1.807) is 12.1 Å². The van der Waals surface area contributed by atoms with Gasteiger partial charge < -0.3 is 15.5 Å². The van der Waals surface area contributed by atoms with E-state index in [4.69, 9.17) is 0 Å². The summed E-state index contributed by atoms with van der Waals surface area (Å²) in [5, 5.41) is 22.0. The Morgan fingerprint density at radius 3 is 2.25 bits per heavy atom. The lowest BCUT2D eigenvalue weighted by atomic mass is 10.0. The van der Waals surface area contributed by atoms with E-state index in [0.717, 1.165) is 18.4 Å². The highest BCUT2D eigenvalue weighted by molar-refractivity contribution is 5.27. The summed E-state index contributed by atoms with van der Waals surface area (Å²) in [7, 11) is 0. The van der Waals surface area contributed by atoms with Crippen LogP contribution in [-0.4, -0.2) is 22.9 Å². The lowest BCUT2D eigenvalue weighted by molar-refractivity contribution is 0.162. The highest BCUT2D eigenvalue weighted by atomic mass is 16.3. The minimum absolute atomic E-state index is 0.238. The van der Waals surface area contributed by atoms with Crippen molar-refractivity contribution in [2.24, 2.45) is 0 Å². The molecule has 0 aliphatic heterocycles. The van der Waals surface area contributed by atoms with E-state index in [2.05, 4.69) is 12.2 Å². The molecule has 16 heavy (non-hydrogen) atoms. The molecule has 0 saturated heterocycles. The summed E-state index contributed by atoms with van der Waals surface area (Å²) in [6.07, 6.45) is 1.44. The number of hydrogen-bond donors (Lipinski definition) is 3. The normalized spacial score (nSPS) is 14.7. The minimum Gasteiger partial charge on any atom is -0.508 e. The third-order valence-electron chi connectivity index (χ3n) is 2.77. The average Bonchev–Trinajstić information content (AvgIpc) is 2.31. The number of phenols is 1. The number of rotatable bonds is 6. The molecule has 0 spiro atoms. The Morgan fingerprint density at radius 2 is 1.75 bits per heavy atom. The average molecular weight is 223 g/mol. The van der Waals surface area contributed by atoms with Gasteiger partial charge in [0.15, 0.2) is 0 Å². The molecule has 1 rings (SSSR count). The number of hydrogen-bond acceptors (Lipinski definition) is 3. The number of phenolic OH excluding ortho intramolecular Hbond substituents is 1. The van der Waals surface area contributed by atoms with Crippen molar-refractivity contribution in [3.05, 3.63) is 29.8 Å². The van der Waals surface area contributed by atoms with Gasteiger partial charge in [-0.05, 0) is 30.5 Å². The molecule has 1 aromatic carbocycles. The molecule has 0 bridgehead atoms. The van der Waals surface area contributed by atoms with Crippen LogP contribution in [0.2, 0.25) is 0 Å². The van der Waals surface area contributed by atoms with Gasteiger partial charge in [0.25, 0.3) is 0 Å². The molecular formula is C13H21NO2. The Bertz CT molecular complexity index is 297. The van der Waals surface area contributed by atoms with Crippen molar-refractivity contribution >= 4 is 0 Å². The summed E-state index contributed by atoms with van der Waals surface area (Å²) in [5.74, 6) is 0.284. The fourth-order valence-corrected chi connectivity index (χ4v) is 1.63. The van der Waals surface area contributed by atoms with Crippen LogP contribution in [0.1, 0.15) is 38.3 Å². The number of aromatic hydroxyl groups is 1. The van der Waals surface area contributed by atoms with Crippen LogP contribution in [0.4, 0.5) is 0 Å². The fourth-order valence-electron chi connectivity index (χ4n) is 1.63. The third kappa shape index (κ3) is 3.83. The van der Waals surface area contributed by atoms with Crippen molar-refractivity contribution in [1.29, 1.82) is 0 Å². The predicted octanol–water partition coefficient (Wildman–Crippen LogP) is 2.20. The lowest BCUT2D eigenvalue weighted by Crippen LogP contribution is -2.29. The van der Waals surface area contributed by atoms with Crippen molar-refractivity contribution in [3.8, 4) is 5.75 Å². The molecule has 3 N–H and O–H groups in total. The van der Waals surface area contributed by atoms with E-state index in [0.29, 0.717) is 6.54 Å². The zero-order chi connectivity index (χ0) is 12.0. The lowest BCUT2D eigenvalue weighted by Gasteiger charge is -2.19. The number of nitrogens with one attached hydrogen (secondary N) is 1. The maximum Gasteiger partial charge on any atom is 0.115 e. The van der Waals surface area contributed by atoms with E-state index in [9.17, 15) is 10.2 Å². The molecule has 1 aromatic rings. The topological polar surface area (TPSA) is 52.5 Å². The summed E-state index contributed by atoms with van der Waals surface area (Å²) in [6, 6.07) is 7.44. The van der Waals surface area contributed by atoms with Gasteiger partial charge in [0.2, 0.25) is 0 Å². The SMILES string of the molecule is CCC(O)CNC(CC)c1ccc(O)cc1. The molecule has 0 aliphatic rings. The molecule has 0 heterocycles. The van der Waals surface area contributed by atoms with Crippen molar-refractivity contribution < 1.29 is 10.2 Å². The second-order valence-electron chi connectivity index (χ2n) is 4.02. The fraction of sp³-hybridized carbons (Fsp3) is 0.538. The van der Waals surface area contributed by atoms with E-state index in [1.807, 2.05) is 19.1 Å². The van der Waals surface area contributed by atoms with Gasteiger partial charge in [0, 0.05) is 12.6 Å². The van der Waals surface area contributed by atoms with Crippen LogP contribution in [0.25, 0.3) is 0 Å². The largest absolute Gasteiger partial charge is 0.508 e. The molecule has 0 aliphatic carbocycles. The van der Waals surface area contributed by atoms with Gasteiger partial charge in [-0.1, -0.05) is 26.0 Å². The highest BCUT2D eigenvalue weighted by Crippen LogP contribution is 2.19. The highest BCUT2D eigenvalue weighted by Gasteiger charge is 2.10. The van der Waals surface area contributed by atoms with Crippen LogP contribution >= 0.6 is 0 Å². The van der Waals surface area contributed by atoms with Gasteiger partial charge in [-0.2, -0.15) is 0 Å². The zero-order valence-corrected chi connectivity index (χ0v) is 9.98. The first kappa shape index (κ1) is 13.0. The monoisotopic (exact) mass is 223 g/mol. The van der Waals surface area contributed by atoms with Crippen molar-refractivity contribution in [3.63, 3.8) is 0 Å². The maximum atomic E-state index is 9.49. The van der Waals surface area contributed by atoms with Crippen molar-refractivity contribution in [2.45, 2.75) is 38.8 Å². The Kier molecular flexibility index (Phi) is 5.29. The molecule has 0 fully saturated rings. The van der Waals surface area contributed by atoms with Crippen LogP contribution in [0.3, 0.4) is 0 Å². The molecule has 0 saturated carbocycles. The Labute approximate surface area is 97.1 Å². The quantitative estimate of drug-likeness (QED) is 0.693. The van der Waals surface area contributed by atoms with E-state index in [1.165, 1.54) is 0 Å². The van der Waals surface area contributed by atoms with Crippen LogP contribution in [0.15, 0.2) is 24.3 Å². The first-order chi connectivity index (χ1) is 7.67. The molecule has 3 heteroatoms. The van der Waals surface area contributed by atoms with E-state index < -0.39 is 0 Å². The van der Waals surface area contributed by atoms with Gasteiger partial charge in [0.1, 0.15) is 5.75 Å². The molecule has 0 radical (unpaired) electrons. The first-order valence-corrected chi connectivity index (χ1v) is 5.87. The van der Waals surface area contributed by atoms with E-state index >= 15 is 0 Å². The first-order valence-electron chi connectivity index (χ1n) is 5.87. The molecule has 2 atom stereocenters. The van der Waals surface area contributed by atoms with Crippen molar-refractivity contribution in [1.82, 2.24) is 5.32 Å². The Balaban J connectivity index is 2.57. The zero-order valence-electron chi connectivity index (χ0n) is 9.98. The Hall–Kier alpha value is -1.06. The van der Waals surface area contributed by atoms with Crippen LogP contribution < -0.4 is 5.32 Å². The maximum absolute atomic E-state index is 9.49.